The summed E-state index contributed by atoms with van der Waals surface area (Å²) in [6.07, 6.45) is 1.79. The number of ether oxygens (including phenoxy) is 1. The lowest BCUT2D eigenvalue weighted by molar-refractivity contribution is -0.127. The minimum atomic E-state index is -0.650. The van der Waals surface area contributed by atoms with E-state index in [0.29, 0.717) is 50.0 Å². The van der Waals surface area contributed by atoms with Crippen LogP contribution in [0.3, 0.4) is 0 Å². The Bertz CT molecular complexity index is 1900. The topological polar surface area (TPSA) is 87.7 Å². The van der Waals surface area contributed by atoms with Crippen molar-refractivity contribution < 1.29 is 9.53 Å². The van der Waals surface area contributed by atoms with Crippen molar-refractivity contribution >= 4 is 34.9 Å². The Morgan fingerprint density at radius 3 is 2.50 bits per heavy atom. The van der Waals surface area contributed by atoms with Crippen molar-refractivity contribution in [2.45, 2.75) is 33.4 Å². The van der Waals surface area contributed by atoms with E-state index in [-0.39, 0.29) is 18.1 Å². The molecule has 0 N–H and O–H groups in total. The molecule has 0 unspecified atom stereocenters. The number of para-hydroxylation sites is 1. The fourth-order valence-electron chi connectivity index (χ4n) is 5.02. The minimum Gasteiger partial charge on any atom is -0.488 e. The minimum absolute atomic E-state index is 0.146. The summed E-state index contributed by atoms with van der Waals surface area (Å²) < 4.78 is 8.19. The van der Waals surface area contributed by atoms with Gasteiger partial charge in [0.15, 0.2) is 4.80 Å². The van der Waals surface area contributed by atoms with Gasteiger partial charge in [-0.3, -0.25) is 14.2 Å². The summed E-state index contributed by atoms with van der Waals surface area (Å²) in [6.45, 7) is 6.98. The average Bonchev–Trinajstić information content (AvgIpc) is 3.30. The van der Waals surface area contributed by atoms with Crippen molar-refractivity contribution in [3.05, 3.63) is 131 Å². The molecule has 0 saturated heterocycles. The largest absolute Gasteiger partial charge is 0.488 e. The predicted octanol–water partition coefficient (Wildman–Crippen LogP) is 5.21. The zero-order valence-electron chi connectivity index (χ0n) is 23.5. The number of fused-ring (bicyclic) bond motifs is 1. The highest BCUT2D eigenvalue weighted by Crippen LogP contribution is 2.32. The van der Waals surface area contributed by atoms with Crippen LogP contribution in [0.5, 0.6) is 5.75 Å². The number of carbonyl (C=O) groups excluding carboxylic acids is 1. The van der Waals surface area contributed by atoms with Gasteiger partial charge in [0.1, 0.15) is 12.4 Å². The molecule has 0 saturated carbocycles. The molecular formula is C33H29ClN4O3S. The lowest BCUT2D eigenvalue weighted by atomic mass is 9.94. The van der Waals surface area contributed by atoms with Crippen molar-refractivity contribution in [3.8, 4) is 11.8 Å². The van der Waals surface area contributed by atoms with Gasteiger partial charge in [-0.2, -0.15) is 5.26 Å². The molecule has 3 aromatic carbocycles. The molecule has 9 heteroatoms. The van der Waals surface area contributed by atoms with Gasteiger partial charge >= 0.3 is 0 Å². The van der Waals surface area contributed by atoms with Gasteiger partial charge in [0.05, 0.1) is 33.5 Å². The molecule has 1 atom stereocenters. The zero-order chi connectivity index (χ0) is 29.8. The van der Waals surface area contributed by atoms with Crippen LogP contribution in [0.1, 0.15) is 49.1 Å². The Hall–Kier alpha value is -4.45. The lowest BCUT2D eigenvalue weighted by Gasteiger charge is -2.29. The number of rotatable bonds is 8. The molecule has 0 spiro atoms. The third kappa shape index (κ3) is 5.67. The van der Waals surface area contributed by atoms with Gasteiger partial charge in [0.25, 0.3) is 11.5 Å². The number of carbonyl (C=O) groups is 1. The number of aromatic nitrogens is 1. The SMILES string of the molecule is CCN(CC)C(=O)C1=C(C)N=c2s/c(=C/c3ccccc3OCc3ccccc3C#N)c(=O)n2[C@@H]1c1ccc(Cl)cc1. The van der Waals surface area contributed by atoms with Crippen LogP contribution in [0.4, 0.5) is 0 Å². The maximum absolute atomic E-state index is 14.1. The fourth-order valence-corrected chi connectivity index (χ4v) is 6.18. The number of nitriles is 1. The number of amides is 1. The summed E-state index contributed by atoms with van der Waals surface area (Å²) in [4.78, 5) is 34.8. The lowest BCUT2D eigenvalue weighted by Crippen LogP contribution is -2.43. The van der Waals surface area contributed by atoms with E-state index < -0.39 is 6.04 Å². The van der Waals surface area contributed by atoms with E-state index in [4.69, 9.17) is 21.3 Å². The molecule has 1 aromatic heterocycles. The second kappa shape index (κ2) is 12.6. The molecule has 42 heavy (non-hydrogen) atoms. The maximum Gasteiger partial charge on any atom is 0.271 e. The molecule has 2 heterocycles. The summed E-state index contributed by atoms with van der Waals surface area (Å²) in [5, 5.41) is 10.0. The highest BCUT2D eigenvalue weighted by Gasteiger charge is 2.34. The molecule has 0 bridgehead atoms. The molecule has 0 radical (unpaired) electrons. The van der Waals surface area contributed by atoms with Gasteiger partial charge < -0.3 is 9.64 Å². The van der Waals surface area contributed by atoms with Crippen LogP contribution in [0.25, 0.3) is 6.08 Å². The molecule has 1 amide bonds. The number of benzene rings is 3. The first-order valence-electron chi connectivity index (χ1n) is 13.6. The van der Waals surface area contributed by atoms with E-state index in [2.05, 4.69) is 6.07 Å². The standard InChI is InChI=1S/C33H29ClN4O3S/c1-4-37(5-2)32(40)29-21(3)36-33-38(30(29)22-14-16-26(34)17-15-22)31(39)28(42-33)18-23-10-8-9-13-27(23)41-20-25-12-7-6-11-24(25)19-35/h6-18,30H,4-5,20H2,1-3H3/b28-18+/t30-/m1/s1. The van der Waals surface area contributed by atoms with Crippen LogP contribution in [0.15, 0.2) is 93.9 Å². The first-order chi connectivity index (χ1) is 20.4. The summed E-state index contributed by atoms with van der Waals surface area (Å²) in [5.74, 6) is 0.436. The molecule has 0 fully saturated rings. The van der Waals surface area contributed by atoms with Crippen LogP contribution >= 0.6 is 22.9 Å². The van der Waals surface area contributed by atoms with Crippen LogP contribution in [-0.2, 0) is 11.4 Å². The monoisotopic (exact) mass is 596 g/mol. The Labute approximate surface area is 252 Å². The number of allylic oxidation sites excluding steroid dienone is 1. The van der Waals surface area contributed by atoms with Crippen LogP contribution in [0, 0.1) is 11.3 Å². The Balaban J connectivity index is 1.61. The van der Waals surface area contributed by atoms with Crippen molar-refractivity contribution in [1.29, 1.82) is 5.26 Å². The summed E-state index contributed by atoms with van der Waals surface area (Å²) in [5.41, 5.74) is 3.63. The van der Waals surface area contributed by atoms with Crippen molar-refractivity contribution in [3.63, 3.8) is 0 Å². The molecule has 212 valence electrons. The quantitative estimate of drug-likeness (QED) is 0.279. The van der Waals surface area contributed by atoms with E-state index in [1.807, 2.05) is 75.4 Å². The van der Waals surface area contributed by atoms with Crippen molar-refractivity contribution in [1.82, 2.24) is 9.47 Å². The van der Waals surface area contributed by atoms with E-state index in [9.17, 15) is 14.9 Å². The van der Waals surface area contributed by atoms with E-state index in [1.54, 1.807) is 33.7 Å². The number of hydrogen-bond donors (Lipinski definition) is 0. The predicted molar refractivity (Wildman–Crippen MR) is 165 cm³/mol. The molecule has 1 aliphatic heterocycles. The summed E-state index contributed by atoms with van der Waals surface area (Å²) in [6, 6.07) is 23.5. The normalized spacial score (nSPS) is 14.6. The summed E-state index contributed by atoms with van der Waals surface area (Å²) in [7, 11) is 0. The number of hydrogen-bond acceptors (Lipinski definition) is 6. The first kappa shape index (κ1) is 29.1. The maximum atomic E-state index is 14.1. The average molecular weight is 597 g/mol. The van der Waals surface area contributed by atoms with Gasteiger partial charge in [-0.15, -0.1) is 0 Å². The third-order valence-electron chi connectivity index (χ3n) is 7.22. The van der Waals surface area contributed by atoms with Gasteiger partial charge in [-0.25, -0.2) is 4.99 Å². The Morgan fingerprint density at radius 2 is 1.79 bits per heavy atom. The number of nitrogens with zero attached hydrogens (tertiary/aromatic N) is 4. The summed E-state index contributed by atoms with van der Waals surface area (Å²) >= 11 is 7.46. The highest BCUT2D eigenvalue weighted by atomic mass is 35.5. The van der Waals surface area contributed by atoms with Gasteiger partial charge in [0, 0.05) is 29.2 Å². The van der Waals surface area contributed by atoms with Crippen molar-refractivity contribution in [2.75, 3.05) is 13.1 Å². The molecule has 4 aromatic rings. The smallest absolute Gasteiger partial charge is 0.271 e. The first-order valence-corrected chi connectivity index (χ1v) is 14.8. The highest BCUT2D eigenvalue weighted by molar-refractivity contribution is 7.07. The third-order valence-corrected chi connectivity index (χ3v) is 8.45. The molecule has 0 aliphatic carbocycles. The van der Waals surface area contributed by atoms with Crippen LogP contribution in [-0.4, -0.2) is 28.5 Å². The van der Waals surface area contributed by atoms with E-state index in [1.165, 1.54) is 11.3 Å². The second-order valence-corrected chi connectivity index (χ2v) is 11.2. The number of halogens is 1. The van der Waals surface area contributed by atoms with E-state index >= 15 is 0 Å². The van der Waals surface area contributed by atoms with Gasteiger partial charge in [-0.05, 0) is 56.7 Å². The zero-order valence-corrected chi connectivity index (χ0v) is 25.1. The fraction of sp³-hybridized carbons (Fsp3) is 0.212. The van der Waals surface area contributed by atoms with Gasteiger partial charge in [0.2, 0.25) is 0 Å². The van der Waals surface area contributed by atoms with Crippen LogP contribution in [0.2, 0.25) is 5.02 Å². The van der Waals surface area contributed by atoms with Gasteiger partial charge in [-0.1, -0.05) is 71.5 Å². The second-order valence-electron chi connectivity index (χ2n) is 9.71. The molecule has 5 rings (SSSR count). The van der Waals surface area contributed by atoms with Crippen LogP contribution < -0.4 is 19.6 Å². The molecule has 7 nitrogen and oxygen atoms in total. The van der Waals surface area contributed by atoms with E-state index in [0.717, 1.165) is 16.7 Å². The number of thiazole rings is 1. The Morgan fingerprint density at radius 1 is 1.10 bits per heavy atom. The molecule has 1 aliphatic rings. The van der Waals surface area contributed by atoms with Crippen molar-refractivity contribution in [2.24, 2.45) is 4.99 Å². The number of likely N-dealkylation sites (N-methyl/N-ethyl adjacent to an activating group) is 1. The molecular weight excluding hydrogens is 568 g/mol. The Kier molecular flexibility index (Phi) is 8.72.